The van der Waals surface area contributed by atoms with E-state index in [2.05, 4.69) is 0 Å². The summed E-state index contributed by atoms with van der Waals surface area (Å²) in [6, 6.07) is 40.4. The average Bonchev–Trinajstić information content (AvgIpc) is 3.02. The van der Waals surface area contributed by atoms with Crippen molar-refractivity contribution in [1.82, 2.24) is 0 Å². The molecule has 1 fully saturated rings. The van der Waals surface area contributed by atoms with Gasteiger partial charge in [-0.3, -0.25) is 0 Å². The largest absolute Gasteiger partial charge is 0.508 e. The van der Waals surface area contributed by atoms with Crippen molar-refractivity contribution in [2.75, 3.05) is 0 Å². The van der Waals surface area contributed by atoms with Crippen LogP contribution < -0.4 is 16.4 Å². The molecular weight excluding hydrogens is 497 g/mol. The zero-order chi connectivity index (χ0) is 27.1. The van der Waals surface area contributed by atoms with Crippen molar-refractivity contribution in [3.63, 3.8) is 0 Å². The molecule has 1 heterocycles. The van der Waals surface area contributed by atoms with Crippen LogP contribution in [0, 0.1) is 0 Å². The van der Waals surface area contributed by atoms with Gasteiger partial charge in [0.25, 0.3) is 0 Å². The Morgan fingerprint density at radius 1 is 0.450 bits per heavy atom. The monoisotopic (exact) mass is 520 g/mol. The maximum Gasteiger partial charge on any atom is 0.470 e. The van der Waals surface area contributed by atoms with Crippen LogP contribution in [0.5, 0.6) is 11.5 Å². The van der Waals surface area contributed by atoms with E-state index in [1.54, 1.807) is 6.07 Å². The van der Waals surface area contributed by atoms with Crippen LogP contribution in [0.2, 0.25) is 0 Å². The standard InChI is InChI=1S/C32H23B3O5/c36-29-20-19-22-11-7-9-17-26(22)30(29)31-27-18-10-8-12-23(27)21-28(32(31)37)35-39-33(24-13-3-1-4-14-24)38-34(40-35)25-15-5-2-6-16-25/h1-21,36-37H. The quantitative estimate of drug-likeness (QED) is 0.333. The van der Waals surface area contributed by atoms with Gasteiger partial charge < -0.3 is 23.9 Å². The molecule has 0 saturated carbocycles. The Hall–Kier alpha value is -4.49. The summed E-state index contributed by atoms with van der Waals surface area (Å²) in [6.07, 6.45) is 0. The highest BCUT2D eigenvalue weighted by molar-refractivity contribution is 6.87. The molecule has 0 aliphatic carbocycles. The van der Waals surface area contributed by atoms with Gasteiger partial charge in [-0.15, -0.1) is 0 Å². The van der Waals surface area contributed by atoms with E-state index in [9.17, 15) is 10.2 Å². The number of fused-ring (bicyclic) bond motifs is 2. The first-order chi connectivity index (χ1) is 19.7. The Kier molecular flexibility index (Phi) is 6.29. The second-order valence-corrected chi connectivity index (χ2v) is 9.82. The maximum atomic E-state index is 12.0. The zero-order valence-corrected chi connectivity index (χ0v) is 21.5. The minimum absolute atomic E-state index is 0.0177. The molecule has 7 rings (SSSR count). The van der Waals surface area contributed by atoms with Crippen molar-refractivity contribution in [3.8, 4) is 22.6 Å². The fraction of sp³-hybridized carbons (Fsp3) is 0. The van der Waals surface area contributed by atoms with E-state index in [1.165, 1.54) is 0 Å². The molecule has 8 heteroatoms. The van der Waals surface area contributed by atoms with E-state index < -0.39 is 21.4 Å². The number of hydrogen-bond donors (Lipinski definition) is 2. The highest BCUT2D eigenvalue weighted by Gasteiger charge is 2.45. The molecule has 0 unspecified atom stereocenters. The smallest absolute Gasteiger partial charge is 0.470 e. The van der Waals surface area contributed by atoms with Crippen LogP contribution in [0.1, 0.15) is 0 Å². The lowest BCUT2D eigenvalue weighted by Crippen LogP contribution is -2.61. The molecule has 1 aliphatic heterocycles. The fourth-order valence-electron chi connectivity index (χ4n) is 5.43. The lowest BCUT2D eigenvalue weighted by Gasteiger charge is -2.32. The summed E-state index contributed by atoms with van der Waals surface area (Å²) in [6.45, 7) is 0. The first kappa shape index (κ1) is 24.5. The van der Waals surface area contributed by atoms with Crippen molar-refractivity contribution in [1.29, 1.82) is 0 Å². The molecule has 0 amide bonds. The van der Waals surface area contributed by atoms with Gasteiger partial charge in [0, 0.05) is 16.6 Å². The van der Waals surface area contributed by atoms with E-state index in [1.807, 2.05) is 121 Å². The summed E-state index contributed by atoms with van der Waals surface area (Å²) in [7, 11) is -2.42. The third kappa shape index (κ3) is 4.32. The highest BCUT2D eigenvalue weighted by atomic mass is 16.7. The number of phenols is 2. The fourth-order valence-corrected chi connectivity index (χ4v) is 5.43. The number of hydrogen-bond acceptors (Lipinski definition) is 5. The van der Waals surface area contributed by atoms with Gasteiger partial charge in [0.05, 0.1) is 0 Å². The summed E-state index contributed by atoms with van der Waals surface area (Å²) in [5, 5.41) is 26.6. The van der Waals surface area contributed by atoms with Crippen LogP contribution in [0.3, 0.4) is 0 Å². The van der Waals surface area contributed by atoms with E-state index >= 15 is 0 Å². The second kappa shape index (κ2) is 10.2. The molecule has 0 aromatic heterocycles. The third-order valence-electron chi connectivity index (χ3n) is 7.35. The van der Waals surface area contributed by atoms with Crippen molar-refractivity contribution >= 4 is 59.3 Å². The van der Waals surface area contributed by atoms with Gasteiger partial charge in [0.1, 0.15) is 11.5 Å². The molecule has 190 valence electrons. The van der Waals surface area contributed by atoms with Crippen molar-refractivity contribution in [2.45, 2.75) is 0 Å². The van der Waals surface area contributed by atoms with Crippen LogP contribution >= 0.6 is 0 Å². The molecule has 1 saturated heterocycles. The first-order valence-corrected chi connectivity index (χ1v) is 13.2. The Morgan fingerprint density at radius 3 is 1.57 bits per heavy atom. The lowest BCUT2D eigenvalue weighted by molar-refractivity contribution is 0.307. The summed E-state index contributed by atoms with van der Waals surface area (Å²) >= 11 is 0. The van der Waals surface area contributed by atoms with Crippen molar-refractivity contribution in [3.05, 3.63) is 127 Å². The molecule has 2 N–H and O–H groups in total. The van der Waals surface area contributed by atoms with Gasteiger partial charge in [0.15, 0.2) is 0 Å². The Bertz CT molecular complexity index is 1780. The van der Waals surface area contributed by atoms with Gasteiger partial charge >= 0.3 is 21.4 Å². The summed E-state index contributed by atoms with van der Waals surface area (Å²) in [5.74, 6) is 0.0605. The molecule has 0 atom stereocenters. The molecule has 1 aliphatic rings. The SMILES string of the molecule is Oc1ccc2ccccc2c1-c1c(O)c(B2OB(c3ccccc3)OB(c3ccccc3)O2)cc2ccccc12. The van der Waals surface area contributed by atoms with Gasteiger partial charge in [0.2, 0.25) is 0 Å². The molecule has 0 radical (unpaired) electrons. The molecule has 6 aromatic rings. The van der Waals surface area contributed by atoms with Crippen LogP contribution in [-0.4, -0.2) is 31.6 Å². The molecule has 5 nitrogen and oxygen atoms in total. The van der Waals surface area contributed by atoms with E-state index in [0.717, 1.165) is 32.5 Å². The van der Waals surface area contributed by atoms with Crippen molar-refractivity contribution in [2.24, 2.45) is 0 Å². The molecule has 0 spiro atoms. The van der Waals surface area contributed by atoms with Gasteiger partial charge in [-0.25, -0.2) is 0 Å². The lowest BCUT2D eigenvalue weighted by atomic mass is 9.61. The normalized spacial score (nSPS) is 13.8. The summed E-state index contributed by atoms with van der Waals surface area (Å²) < 4.78 is 19.0. The topological polar surface area (TPSA) is 68.2 Å². The molecule has 40 heavy (non-hydrogen) atoms. The number of benzene rings is 6. The highest BCUT2D eigenvalue weighted by Crippen LogP contribution is 2.44. The number of rotatable bonds is 4. The predicted octanol–water partition coefficient (Wildman–Crippen LogP) is 4.62. The van der Waals surface area contributed by atoms with Gasteiger partial charge in [-0.1, -0.05) is 121 Å². The minimum Gasteiger partial charge on any atom is -0.508 e. The number of phenolic OH excluding ortho intramolecular Hbond substituents is 2. The molecule has 0 bridgehead atoms. The summed E-state index contributed by atoms with van der Waals surface area (Å²) in [5.41, 5.74) is 3.20. The Balaban J connectivity index is 1.43. The van der Waals surface area contributed by atoms with E-state index in [-0.39, 0.29) is 11.5 Å². The predicted molar refractivity (Wildman–Crippen MR) is 163 cm³/mol. The number of aromatic hydroxyl groups is 2. The molecule has 6 aromatic carbocycles. The Morgan fingerprint density at radius 2 is 0.950 bits per heavy atom. The van der Waals surface area contributed by atoms with Gasteiger partial charge in [-0.05, 0) is 38.5 Å². The average molecular weight is 520 g/mol. The molecular formula is C32H23B3O5. The van der Waals surface area contributed by atoms with Gasteiger partial charge in [-0.2, -0.15) is 0 Å². The van der Waals surface area contributed by atoms with Crippen LogP contribution in [0.15, 0.2) is 127 Å². The van der Waals surface area contributed by atoms with Crippen LogP contribution in [0.4, 0.5) is 0 Å². The minimum atomic E-state index is -0.954. The zero-order valence-electron chi connectivity index (χ0n) is 21.5. The maximum absolute atomic E-state index is 12.0. The third-order valence-corrected chi connectivity index (χ3v) is 7.35. The Labute approximate surface area is 233 Å². The summed E-state index contributed by atoms with van der Waals surface area (Å²) in [4.78, 5) is 0. The van der Waals surface area contributed by atoms with Crippen LogP contribution in [-0.2, 0) is 13.7 Å². The van der Waals surface area contributed by atoms with E-state index in [0.29, 0.717) is 16.6 Å². The van der Waals surface area contributed by atoms with Crippen molar-refractivity contribution < 1.29 is 23.9 Å². The van der Waals surface area contributed by atoms with E-state index in [4.69, 9.17) is 13.7 Å². The second-order valence-electron chi connectivity index (χ2n) is 9.82. The van der Waals surface area contributed by atoms with Crippen LogP contribution in [0.25, 0.3) is 32.7 Å². The first-order valence-electron chi connectivity index (χ1n) is 13.2.